The molecule has 3 aliphatic rings. The number of pyridine rings is 3. The molecule has 118 heavy (non-hydrogen) atoms. The van der Waals surface area contributed by atoms with Gasteiger partial charge in [-0.05, 0) is 199 Å². The minimum Gasteiger partial charge on any atom is -0.493 e. The first-order valence-corrected chi connectivity index (χ1v) is 40.2. The number of ether oxygens (including phenoxy) is 4. The Balaban J connectivity index is 0.000000132. The van der Waals surface area contributed by atoms with Crippen LogP contribution in [0, 0.1) is 0 Å². The minimum atomic E-state index is -0.984. The van der Waals surface area contributed by atoms with E-state index in [9.17, 15) is 24.6 Å². The molecule has 2 N–H and O–H groups in total. The molecular formula is C97H92N12O9. The van der Waals surface area contributed by atoms with Crippen molar-refractivity contribution >= 4 is 85.1 Å². The van der Waals surface area contributed by atoms with Crippen molar-refractivity contribution in [2.24, 2.45) is 0 Å². The quantitative estimate of drug-likeness (QED) is 0.0637. The van der Waals surface area contributed by atoms with Crippen molar-refractivity contribution in [2.75, 3.05) is 62.8 Å². The normalized spacial score (nSPS) is 14.5. The number of benzene rings is 9. The number of aryl methyl sites for hydroxylation is 3. The monoisotopic (exact) mass is 1570 g/mol. The van der Waals surface area contributed by atoms with E-state index in [2.05, 4.69) is 231 Å². The molecule has 18 rings (SSSR count). The molecule has 0 saturated heterocycles. The second kappa shape index (κ2) is 34.6. The van der Waals surface area contributed by atoms with Crippen LogP contribution in [0.1, 0.15) is 122 Å². The number of aromatic carboxylic acids is 2. The summed E-state index contributed by atoms with van der Waals surface area (Å²) in [6, 6.07) is 79.0. The molecule has 0 aliphatic carbocycles. The number of imidazole rings is 3. The fraction of sp³-hybridized carbons (Fsp3) is 0.227. The SMILES string of the molecule is CCc1ccc(N(C)c2ccc3c(c2)OCCC3Cn2c(-c3cc(C(=O)O)ccn3)nc3ccccc32)cc1.CCc1ccc(N(C)c2ccc3c(c2)OCCC3Cn2c(-c3cc(C(=O)O)ccn3)nc3ccccc32)cc1.CCc1ccc(N(C)c2ccc3c(c2)OCCC3Cn2c(-c3cc(C(=O)OC)ccn3)nc3ccccc32)cc1. The highest BCUT2D eigenvalue weighted by Gasteiger charge is 2.31. The smallest absolute Gasteiger partial charge is 0.337 e. The van der Waals surface area contributed by atoms with Crippen LogP contribution in [0.4, 0.5) is 34.1 Å². The van der Waals surface area contributed by atoms with Gasteiger partial charge in [0.25, 0.3) is 0 Å². The predicted molar refractivity (Wildman–Crippen MR) is 464 cm³/mol. The zero-order valence-corrected chi connectivity index (χ0v) is 67.1. The van der Waals surface area contributed by atoms with Crippen LogP contribution >= 0.6 is 0 Å². The van der Waals surface area contributed by atoms with Crippen LogP contribution < -0.4 is 28.9 Å². The Morgan fingerprint density at radius 3 is 0.966 bits per heavy atom. The van der Waals surface area contributed by atoms with Gasteiger partial charge < -0.3 is 57.6 Å². The van der Waals surface area contributed by atoms with E-state index < -0.39 is 17.9 Å². The van der Waals surface area contributed by atoms with Crippen LogP contribution in [0.2, 0.25) is 0 Å². The van der Waals surface area contributed by atoms with Crippen LogP contribution in [-0.4, -0.2) is 120 Å². The number of hydrogen-bond donors (Lipinski definition) is 2. The highest BCUT2D eigenvalue weighted by molar-refractivity contribution is 5.92. The first kappa shape index (κ1) is 78.0. The Kier molecular flexibility index (Phi) is 22.9. The molecule has 6 aromatic heterocycles. The van der Waals surface area contributed by atoms with Crippen molar-refractivity contribution in [3.8, 4) is 51.8 Å². The number of carboxylic acid groups (broad SMARTS) is 2. The number of carbonyl (C=O) groups is 3. The van der Waals surface area contributed by atoms with E-state index in [1.807, 2.05) is 54.6 Å². The van der Waals surface area contributed by atoms with Gasteiger partial charge in [-0.3, -0.25) is 15.0 Å². The van der Waals surface area contributed by atoms with E-state index in [0.717, 1.165) is 140 Å². The average molecular weight is 1570 g/mol. The maximum Gasteiger partial charge on any atom is 0.337 e. The molecule has 3 unspecified atom stereocenters. The Bertz CT molecular complexity index is 5930. The highest BCUT2D eigenvalue weighted by Crippen LogP contribution is 2.44. The maximum atomic E-state index is 12.2. The van der Waals surface area contributed by atoms with Gasteiger partial charge in [-0.25, -0.2) is 29.3 Å². The molecule has 9 aromatic carbocycles. The van der Waals surface area contributed by atoms with Gasteiger partial charge >= 0.3 is 17.9 Å². The summed E-state index contributed by atoms with van der Waals surface area (Å²) in [5.74, 6) is 3.05. The number of methoxy groups -OCH3 is 1. The molecule has 21 heteroatoms. The van der Waals surface area contributed by atoms with E-state index in [0.29, 0.717) is 73.7 Å². The number of carbonyl (C=O) groups excluding carboxylic acids is 1. The number of rotatable bonds is 21. The van der Waals surface area contributed by atoms with Gasteiger partial charge in [0.1, 0.15) is 34.3 Å². The lowest BCUT2D eigenvalue weighted by Crippen LogP contribution is -2.20. The van der Waals surface area contributed by atoms with E-state index in [1.165, 1.54) is 53.9 Å². The highest BCUT2D eigenvalue weighted by atomic mass is 16.5. The number of anilines is 6. The zero-order chi connectivity index (χ0) is 81.5. The zero-order valence-electron chi connectivity index (χ0n) is 67.1. The van der Waals surface area contributed by atoms with Crippen LogP contribution in [0.3, 0.4) is 0 Å². The summed E-state index contributed by atoms with van der Waals surface area (Å²) in [5.41, 5.74) is 22.3. The third kappa shape index (κ3) is 16.4. The molecule has 0 radical (unpaired) electrons. The topological polar surface area (TPSA) is 230 Å². The molecular weight excluding hydrogens is 1480 g/mol. The molecule has 0 amide bonds. The van der Waals surface area contributed by atoms with Crippen molar-refractivity contribution in [3.63, 3.8) is 0 Å². The van der Waals surface area contributed by atoms with Gasteiger partial charge in [0.15, 0.2) is 17.5 Å². The molecule has 3 atom stereocenters. The Hall–Kier alpha value is -14.0. The first-order chi connectivity index (χ1) is 57.6. The lowest BCUT2D eigenvalue weighted by Gasteiger charge is -2.29. The molecule has 0 saturated carbocycles. The van der Waals surface area contributed by atoms with E-state index in [-0.39, 0.29) is 28.9 Å². The number of hydrogen-bond acceptors (Lipinski definition) is 16. The Labute approximate surface area is 685 Å². The summed E-state index contributed by atoms with van der Waals surface area (Å²) in [6.45, 7) is 10.5. The third-order valence-corrected chi connectivity index (χ3v) is 22.9. The standard InChI is InChI=1S/C33H32N4O3.2C32H30N4O3/c1-4-22-9-11-25(12-10-22)36(2)26-13-14-27-24(16-18-40-31(27)20-26)21-37-30-8-6-5-7-28(30)35-32(37)29-19-23(15-17-34-29)33(38)39-3;2*1-3-21-8-10-24(11-9-21)35(2)25-12-13-26-23(15-17-39-30(26)19-25)20-36-29-7-5-4-6-27(29)34-31(36)28-18-22(32(37)38)14-16-33-28/h5-15,17,19-20,24H,4,16,18,21H2,1-3H3;2*4-14,16,18-19,23H,3,15,17,20H2,1-2H3,(H,37,38). The van der Waals surface area contributed by atoms with E-state index >= 15 is 0 Å². The summed E-state index contributed by atoms with van der Waals surface area (Å²) < 4.78 is 30.0. The van der Waals surface area contributed by atoms with Crippen molar-refractivity contribution in [1.82, 2.24) is 43.6 Å². The summed E-state index contributed by atoms with van der Waals surface area (Å²) in [5, 5.41) is 19.0. The van der Waals surface area contributed by atoms with Crippen molar-refractivity contribution < 1.29 is 43.5 Å². The molecule has 0 fully saturated rings. The second-order valence-corrected chi connectivity index (χ2v) is 29.9. The van der Waals surface area contributed by atoms with E-state index in [4.69, 9.17) is 33.9 Å². The molecule has 15 aromatic rings. The largest absolute Gasteiger partial charge is 0.493 e. The van der Waals surface area contributed by atoms with Gasteiger partial charge in [-0.15, -0.1) is 0 Å². The fourth-order valence-corrected chi connectivity index (χ4v) is 16.1. The predicted octanol–water partition coefficient (Wildman–Crippen LogP) is 20.2. The number of fused-ring (bicyclic) bond motifs is 6. The van der Waals surface area contributed by atoms with Gasteiger partial charge in [0.05, 0.1) is 76.7 Å². The lowest BCUT2D eigenvalue weighted by molar-refractivity contribution is 0.0599. The number of aromatic nitrogens is 9. The third-order valence-electron chi connectivity index (χ3n) is 22.9. The first-order valence-electron chi connectivity index (χ1n) is 40.2. The average Bonchev–Trinajstić information content (AvgIpc) is 1.56. The number of nitrogens with zero attached hydrogens (tertiary/aromatic N) is 12. The number of carboxylic acids is 2. The van der Waals surface area contributed by atoms with Crippen LogP contribution in [0.15, 0.2) is 255 Å². The summed E-state index contributed by atoms with van der Waals surface area (Å²) in [7, 11) is 7.62. The van der Waals surface area contributed by atoms with Gasteiger partial charge in [-0.2, -0.15) is 0 Å². The van der Waals surface area contributed by atoms with Gasteiger partial charge in [0.2, 0.25) is 0 Å². The van der Waals surface area contributed by atoms with E-state index in [1.54, 1.807) is 30.5 Å². The number of para-hydroxylation sites is 6. The minimum absolute atomic E-state index is 0.191. The van der Waals surface area contributed by atoms with Crippen molar-refractivity contribution in [1.29, 1.82) is 0 Å². The van der Waals surface area contributed by atoms with Crippen LogP contribution in [-0.2, 0) is 43.6 Å². The molecule has 594 valence electrons. The summed E-state index contributed by atoms with van der Waals surface area (Å²) in [6.07, 6.45) is 10.4. The molecule has 21 nitrogen and oxygen atoms in total. The molecule has 3 aliphatic heterocycles. The summed E-state index contributed by atoms with van der Waals surface area (Å²) >= 11 is 0. The second-order valence-electron chi connectivity index (χ2n) is 29.9. The molecule has 9 heterocycles. The van der Waals surface area contributed by atoms with Gasteiger partial charge in [-0.1, -0.05) is 112 Å². The fourth-order valence-electron chi connectivity index (χ4n) is 16.1. The van der Waals surface area contributed by atoms with Gasteiger partial charge in [0, 0.05) is 129 Å². The van der Waals surface area contributed by atoms with Crippen molar-refractivity contribution in [3.05, 3.63) is 305 Å². The Morgan fingerprint density at radius 2 is 0.669 bits per heavy atom. The number of esters is 1. The summed E-state index contributed by atoms with van der Waals surface area (Å²) in [4.78, 5) is 70.2. The molecule has 0 bridgehead atoms. The molecule has 0 spiro atoms. The van der Waals surface area contributed by atoms with Crippen LogP contribution in [0.25, 0.3) is 67.7 Å². The van der Waals surface area contributed by atoms with Crippen molar-refractivity contribution in [2.45, 2.75) is 96.7 Å². The lowest BCUT2D eigenvalue weighted by atomic mass is 9.92. The van der Waals surface area contributed by atoms with Crippen LogP contribution in [0.5, 0.6) is 17.2 Å². The maximum absolute atomic E-state index is 12.2. The Morgan fingerprint density at radius 1 is 0.381 bits per heavy atom.